The average Bonchev–Trinajstić information content (AvgIpc) is 3.24. The van der Waals surface area contributed by atoms with Crippen LogP contribution in [-0.2, 0) is 11.2 Å². The predicted octanol–water partition coefficient (Wildman–Crippen LogP) is 3.59. The predicted molar refractivity (Wildman–Crippen MR) is 98.6 cm³/mol. The highest BCUT2D eigenvalue weighted by Crippen LogP contribution is 2.25. The van der Waals surface area contributed by atoms with Gasteiger partial charge in [-0.25, -0.2) is 0 Å². The number of aromatic amines is 1. The van der Waals surface area contributed by atoms with E-state index < -0.39 is 6.04 Å². The summed E-state index contributed by atoms with van der Waals surface area (Å²) in [5.74, 6) is 0.627. The molecule has 1 unspecified atom stereocenters. The van der Waals surface area contributed by atoms with Gasteiger partial charge >= 0.3 is 0 Å². The Morgan fingerprint density at radius 2 is 2.12 bits per heavy atom. The molecule has 5 nitrogen and oxygen atoms in total. The molecule has 24 heavy (non-hydrogen) atoms. The number of hydrogen-bond acceptors (Lipinski definition) is 4. The first kappa shape index (κ1) is 16.6. The number of aromatic nitrogens is 3. The van der Waals surface area contributed by atoms with Crippen LogP contribution in [0, 0.1) is 4.77 Å². The maximum atomic E-state index is 12.5. The maximum Gasteiger partial charge on any atom is 0.242 e. The molecule has 0 radical (unpaired) electrons. The monoisotopic (exact) mass is 358 g/mol. The molecule has 0 fully saturated rings. The largest absolute Gasteiger partial charge is 0.354 e. The molecule has 3 rings (SSSR count). The molecule has 2 aromatic heterocycles. The standard InChI is InChI=1S/C17H18N4OS2/c1-12(16(22)18-10-9-13-6-3-2-4-7-13)21-15(19-20-17(21)23)14-8-5-11-24-14/h2-8,11-12H,9-10H2,1H3,(H,18,22)(H,20,23). The number of carbonyl (C=O) groups is 1. The molecule has 1 aromatic carbocycles. The minimum atomic E-state index is -0.427. The first-order chi connectivity index (χ1) is 11.7. The summed E-state index contributed by atoms with van der Waals surface area (Å²) in [7, 11) is 0. The summed E-state index contributed by atoms with van der Waals surface area (Å²) in [6.45, 7) is 2.42. The molecule has 0 saturated heterocycles. The summed E-state index contributed by atoms with van der Waals surface area (Å²) >= 11 is 6.87. The smallest absolute Gasteiger partial charge is 0.242 e. The highest BCUT2D eigenvalue weighted by molar-refractivity contribution is 7.71. The second-order valence-electron chi connectivity index (χ2n) is 5.40. The minimum absolute atomic E-state index is 0.0683. The molecule has 0 bridgehead atoms. The van der Waals surface area contributed by atoms with Gasteiger partial charge in [-0.05, 0) is 42.6 Å². The Labute approximate surface area is 149 Å². The summed E-state index contributed by atoms with van der Waals surface area (Å²) in [5, 5.41) is 12.0. The third-order valence-corrected chi connectivity index (χ3v) is 4.92. The molecule has 124 valence electrons. The number of rotatable bonds is 6. The van der Waals surface area contributed by atoms with Crippen molar-refractivity contribution in [3.8, 4) is 10.7 Å². The highest BCUT2D eigenvalue weighted by Gasteiger charge is 2.20. The van der Waals surface area contributed by atoms with E-state index in [0.717, 1.165) is 11.3 Å². The fraction of sp³-hybridized carbons (Fsp3) is 0.235. The molecule has 0 spiro atoms. The van der Waals surface area contributed by atoms with Gasteiger partial charge in [0.1, 0.15) is 6.04 Å². The van der Waals surface area contributed by atoms with Crippen LogP contribution in [0.2, 0.25) is 0 Å². The normalized spacial score (nSPS) is 12.0. The molecule has 1 atom stereocenters. The zero-order valence-corrected chi connectivity index (χ0v) is 14.9. The van der Waals surface area contributed by atoms with Crippen molar-refractivity contribution in [1.29, 1.82) is 0 Å². The Balaban J connectivity index is 1.68. The van der Waals surface area contributed by atoms with E-state index in [9.17, 15) is 4.79 Å². The van der Waals surface area contributed by atoms with Crippen molar-refractivity contribution in [3.63, 3.8) is 0 Å². The van der Waals surface area contributed by atoms with Crippen molar-refractivity contribution in [2.75, 3.05) is 6.54 Å². The van der Waals surface area contributed by atoms with Gasteiger partial charge in [0.2, 0.25) is 5.91 Å². The fourth-order valence-electron chi connectivity index (χ4n) is 2.48. The number of nitrogens with zero attached hydrogens (tertiary/aromatic N) is 2. The zero-order chi connectivity index (χ0) is 16.9. The van der Waals surface area contributed by atoms with Crippen LogP contribution in [0.3, 0.4) is 0 Å². The zero-order valence-electron chi connectivity index (χ0n) is 13.2. The van der Waals surface area contributed by atoms with Gasteiger partial charge in [-0.15, -0.1) is 11.3 Å². The van der Waals surface area contributed by atoms with E-state index in [1.165, 1.54) is 5.56 Å². The molecule has 0 aliphatic rings. The fourth-order valence-corrected chi connectivity index (χ4v) is 3.48. The number of amides is 1. The van der Waals surface area contributed by atoms with E-state index in [-0.39, 0.29) is 5.91 Å². The topological polar surface area (TPSA) is 62.7 Å². The lowest BCUT2D eigenvalue weighted by Crippen LogP contribution is -2.32. The number of H-pyrrole nitrogens is 1. The van der Waals surface area contributed by atoms with Crippen LogP contribution >= 0.6 is 23.6 Å². The first-order valence-electron chi connectivity index (χ1n) is 7.69. The molecule has 0 aliphatic carbocycles. The van der Waals surface area contributed by atoms with Gasteiger partial charge in [-0.2, -0.15) is 5.10 Å². The van der Waals surface area contributed by atoms with Crippen LogP contribution in [0.15, 0.2) is 47.8 Å². The average molecular weight is 358 g/mol. The molecule has 2 N–H and O–H groups in total. The van der Waals surface area contributed by atoms with Crippen LogP contribution < -0.4 is 5.32 Å². The lowest BCUT2D eigenvalue weighted by molar-refractivity contribution is -0.123. The Morgan fingerprint density at radius 1 is 1.33 bits per heavy atom. The molecule has 3 aromatic rings. The van der Waals surface area contributed by atoms with E-state index in [0.29, 0.717) is 17.1 Å². The second-order valence-corrected chi connectivity index (χ2v) is 6.74. The number of carbonyl (C=O) groups excluding carboxylic acids is 1. The Bertz CT molecular complexity index is 852. The van der Waals surface area contributed by atoms with Crippen LogP contribution in [0.25, 0.3) is 10.7 Å². The Hall–Kier alpha value is -2.25. The first-order valence-corrected chi connectivity index (χ1v) is 8.98. The summed E-state index contributed by atoms with van der Waals surface area (Å²) in [6, 6.07) is 13.6. The maximum absolute atomic E-state index is 12.5. The van der Waals surface area contributed by atoms with Gasteiger partial charge in [0.15, 0.2) is 10.6 Å². The van der Waals surface area contributed by atoms with Crippen molar-refractivity contribution in [2.45, 2.75) is 19.4 Å². The molecule has 1 amide bonds. The van der Waals surface area contributed by atoms with Crippen LogP contribution in [0.4, 0.5) is 0 Å². The quantitative estimate of drug-likeness (QED) is 0.662. The summed E-state index contributed by atoms with van der Waals surface area (Å²) in [5.41, 5.74) is 1.20. The van der Waals surface area contributed by atoms with Crippen LogP contribution in [0.1, 0.15) is 18.5 Å². The molecular weight excluding hydrogens is 340 g/mol. The molecule has 0 saturated carbocycles. The van der Waals surface area contributed by atoms with Gasteiger partial charge in [-0.1, -0.05) is 36.4 Å². The minimum Gasteiger partial charge on any atom is -0.354 e. The molecular formula is C17H18N4OS2. The van der Waals surface area contributed by atoms with Crippen LogP contribution in [-0.4, -0.2) is 27.2 Å². The van der Waals surface area contributed by atoms with Gasteiger partial charge in [0.25, 0.3) is 0 Å². The van der Waals surface area contributed by atoms with E-state index in [4.69, 9.17) is 12.2 Å². The number of hydrogen-bond donors (Lipinski definition) is 2. The molecule has 0 aliphatic heterocycles. The number of nitrogens with one attached hydrogen (secondary N) is 2. The molecule has 7 heteroatoms. The van der Waals surface area contributed by atoms with E-state index in [1.54, 1.807) is 15.9 Å². The van der Waals surface area contributed by atoms with Crippen molar-refractivity contribution in [2.24, 2.45) is 0 Å². The Morgan fingerprint density at radius 3 is 2.83 bits per heavy atom. The third kappa shape index (κ3) is 3.63. The molecule has 2 heterocycles. The summed E-state index contributed by atoms with van der Waals surface area (Å²) in [4.78, 5) is 13.5. The third-order valence-electron chi connectivity index (χ3n) is 3.77. The lowest BCUT2D eigenvalue weighted by Gasteiger charge is -2.15. The van der Waals surface area contributed by atoms with E-state index in [1.807, 2.05) is 42.6 Å². The van der Waals surface area contributed by atoms with Crippen molar-refractivity contribution in [1.82, 2.24) is 20.1 Å². The SMILES string of the molecule is CC(C(=O)NCCc1ccccc1)n1c(-c2cccs2)n[nH]c1=S. The van der Waals surface area contributed by atoms with E-state index in [2.05, 4.69) is 27.6 Å². The summed E-state index contributed by atoms with van der Waals surface area (Å²) < 4.78 is 2.21. The van der Waals surface area contributed by atoms with E-state index >= 15 is 0 Å². The lowest BCUT2D eigenvalue weighted by atomic mass is 10.1. The van der Waals surface area contributed by atoms with Crippen molar-refractivity contribution in [3.05, 3.63) is 58.2 Å². The second kappa shape index (κ2) is 7.55. The Kier molecular flexibility index (Phi) is 5.22. The van der Waals surface area contributed by atoms with Gasteiger partial charge in [0.05, 0.1) is 4.88 Å². The van der Waals surface area contributed by atoms with Crippen molar-refractivity contribution < 1.29 is 4.79 Å². The van der Waals surface area contributed by atoms with Crippen LogP contribution in [0.5, 0.6) is 0 Å². The summed E-state index contributed by atoms with van der Waals surface area (Å²) in [6.07, 6.45) is 0.799. The number of benzene rings is 1. The highest BCUT2D eigenvalue weighted by atomic mass is 32.1. The van der Waals surface area contributed by atoms with Gasteiger partial charge < -0.3 is 5.32 Å². The van der Waals surface area contributed by atoms with Gasteiger partial charge in [-0.3, -0.25) is 14.5 Å². The van der Waals surface area contributed by atoms with Gasteiger partial charge in [0, 0.05) is 6.54 Å². The van der Waals surface area contributed by atoms with Crippen molar-refractivity contribution >= 4 is 29.5 Å². The number of thiophene rings is 1.